The van der Waals surface area contributed by atoms with Crippen LogP contribution in [0.1, 0.15) is 25.7 Å². The number of carbonyl (C=O) groups excluding carboxylic acids is 1. The second-order valence-corrected chi connectivity index (χ2v) is 5.89. The van der Waals surface area contributed by atoms with Crippen molar-refractivity contribution in [2.24, 2.45) is 0 Å². The molecule has 2 N–H and O–H groups in total. The number of likely N-dealkylation sites (tertiary alicyclic amines) is 1. The minimum absolute atomic E-state index is 0.110. The van der Waals surface area contributed by atoms with Crippen LogP contribution >= 0.6 is 0 Å². The molecule has 4 heteroatoms. The number of anilines is 1. The SMILES string of the molecule is O=C(CCN1CCC2CCC(C1)N2)Nc1ccccc1. The van der Waals surface area contributed by atoms with Gasteiger partial charge in [-0.3, -0.25) is 4.79 Å². The number of amides is 1. The van der Waals surface area contributed by atoms with Crippen molar-refractivity contribution in [1.82, 2.24) is 10.2 Å². The quantitative estimate of drug-likeness (QED) is 0.880. The molecule has 1 amide bonds. The molecule has 2 atom stereocenters. The number of benzene rings is 1. The van der Waals surface area contributed by atoms with E-state index in [0.29, 0.717) is 18.5 Å². The Bertz CT molecular complexity index is 448. The molecule has 3 rings (SSSR count). The fraction of sp³-hybridized carbons (Fsp3) is 0.562. The molecule has 4 nitrogen and oxygen atoms in total. The van der Waals surface area contributed by atoms with Crippen molar-refractivity contribution in [2.75, 3.05) is 25.0 Å². The van der Waals surface area contributed by atoms with Crippen LogP contribution in [0.25, 0.3) is 0 Å². The number of rotatable bonds is 4. The first-order chi connectivity index (χ1) is 9.79. The standard InChI is InChI=1S/C16H23N3O/c20-16(18-13-4-2-1-3-5-13)9-11-19-10-8-14-6-7-15(12-19)17-14/h1-5,14-15,17H,6-12H2,(H,18,20). The zero-order chi connectivity index (χ0) is 13.8. The number of nitrogens with zero attached hydrogens (tertiary/aromatic N) is 1. The average molecular weight is 273 g/mol. The van der Waals surface area contributed by atoms with Gasteiger partial charge in [-0.1, -0.05) is 18.2 Å². The van der Waals surface area contributed by atoms with Gasteiger partial charge in [0.05, 0.1) is 0 Å². The van der Waals surface area contributed by atoms with Crippen LogP contribution in [-0.2, 0) is 4.79 Å². The molecule has 2 bridgehead atoms. The summed E-state index contributed by atoms with van der Waals surface area (Å²) in [7, 11) is 0. The van der Waals surface area contributed by atoms with Crippen molar-refractivity contribution in [3.8, 4) is 0 Å². The summed E-state index contributed by atoms with van der Waals surface area (Å²) in [6.45, 7) is 3.07. The summed E-state index contributed by atoms with van der Waals surface area (Å²) in [5.41, 5.74) is 0.883. The predicted octanol–water partition coefficient (Wildman–Crippen LogP) is 1.84. The summed E-state index contributed by atoms with van der Waals surface area (Å²) in [6, 6.07) is 11.0. The highest BCUT2D eigenvalue weighted by molar-refractivity contribution is 5.90. The van der Waals surface area contributed by atoms with Crippen molar-refractivity contribution >= 4 is 11.6 Å². The van der Waals surface area contributed by atoms with Crippen LogP contribution in [0.4, 0.5) is 5.69 Å². The Morgan fingerprint density at radius 2 is 2.00 bits per heavy atom. The van der Waals surface area contributed by atoms with Gasteiger partial charge in [0.2, 0.25) is 5.91 Å². The Hall–Kier alpha value is -1.39. The summed E-state index contributed by atoms with van der Waals surface area (Å²) in [5, 5.41) is 6.62. The number of hydrogen-bond donors (Lipinski definition) is 2. The molecule has 1 aromatic carbocycles. The third-order valence-corrected chi connectivity index (χ3v) is 4.32. The van der Waals surface area contributed by atoms with E-state index >= 15 is 0 Å². The lowest BCUT2D eigenvalue weighted by molar-refractivity contribution is -0.116. The lowest BCUT2D eigenvalue weighted by Gasteiger charge is -2.23. The minimum atomic E-state index is 0.110. The highest BCUT2D eigenvalue weighted by atomic mass is 16.1. The van der Waals surface area contributed by atoms with E-state index in [0.717, 1.165) is 25.3 Å². The van der Waals surface area contributed by atoms with Crippen molar-refractivity contribution in [1.29, 1.82) is 0 Å². The molecule has 108 valence electrons. The Morgan fingerprint density at radius 3 is 2.85 bits per heavy atom. The van der Waals surface area contributed by atoms with E-state index in [1.54, 1.807) is 0 Å². The molecule has 1 aromatic rings. The van der Waals surface area contributed by atoms with E-state index in [2.05, 4.69) is 15.5 Å². The number of hydrogen-bond acceptors (Lipinski definition) is 3. The van der Waals surface area contributed by atoms with Crippen LogP contribution in [0.5, 0.6) is 0 Å². The summed E-state index contributed by atoms with van der Waals surface area (Å²) >= 11 is 0. The second kappa shape index (κ2) is 6.37. The smallest absolute Gasteiger partial charge is 0.225 e. The van der Waals surface area contributed by atoms with Gasteiger partial charge in [-0.25, -0.2) is 0 Å². The number of nitrogens with one attached hydrogen (secondary N) is 2. The number of fused-ring (bicyclic) bond motifs is 2. The topological polar surface area (TPSA) is 44.4 Å². The summed E-state index contributed by atoms with van der Waals surface area (Å²) in [5.74, 6) is 0.110. The lowest BCUT2D eigenvalue weighted by atomic mass is 10.1. The van der Waals surface area contributed by atoms with Crippen LogP contribution in [0, 0.1) is 0 Å². The third-order valence-electron chi connectivity index (χ3n) is 4.32. The molecule has 2 aliphatic heterocycles. The molecule has 20 heavy (non-hydrogen) atoms. The van der Waals surface area contributed by atoms with Gasteiger partial charge in [-0.2, -0.15) is 0 Å². The first kappa shape index (κ1) is 13.6. The predicted molar refractivity (Wildman–Crippen MR) is 80.7 cm³/mol. The van der Waals surface area contributed by atoms with Crippen molar-refractivity contribution in [3.63, 3.8) is 0 Å². The molecule has 2 heterocycles. The van der Waals surface area contributed by atoms with E-state index in [4.69, 9.17) is 0 Å². The van der Waals surface area contributed by atoms with Gasteiger partial charge in [-0.15, -0.1) is 0 Å². The third kappa shape index (κ3) is 3.58. The summed E-state index contributed by atoms with van der Waals surface area (Å²) < 4.78 is 0. The Kier molecular flexibility index (Phi) is 4.33. The van der Waals surface area contributed by atoms with Crippen molar-refractivity contribution < 1.29 is 4.79 Å². The summed E-state index contributed by atoms with van der Waals surface area (Å²) in [6.07, 6.45) is 4.41. The van der Waals surface area contributed by atoms with Crippen LogP contribution in [0.3, 0.4) is 0 Å². The normalized spacial score (nSPS) is 26.2. The lowest BCUT2D eigenvalue weighted by Crippen LogP contribution is -2.36. The molecule has 2 fully saturated rings. The monoisotopic (exact) mass is 273 g/mol. The maximum Gasteiger partial charge on any atom is 0.225 e. The van der Waals surface area contributed by atoms with E-state index in [1.165, 1.54) is 19.3 Å². The van der Waals surface area contributed by atoms with E-state index in [-0.39, 0.29) is 5.91 Å². The number of para-hydroxylation sites is 1. The van der Waals surface area contributed by atoms with Crippen molar-refractivity contribution in [2.45, 2.75) is 37.8 Å². The van der Waals surface area contributed by atoms with E-state index in [9.17, 15) is 4.79 Å². The molecular weight excluding hydrogens is 250 g/mol. The molecule has 0 aliphatic carbocycles. The molecule has 0 radical (unpaired) electrons. The van der Waals surface area contributed by atoms with Crippen LogP contribution in [0.15, 0.2) is 30.3 Å². The second-order valence-electron chi connectivity index (χ2n) is 5.89. The van der Waals surface area contributed by atoms with Crippen LogP contribution in [0.2, 0.25) is 0 Å². The molecule has 0 saturated carbocycles. The van der Waals surface area contributed by atoms with Crippen LogP contribution in [-0.4, -0.2) is 42.5 Å². The largest absolute Gasteiger partial charge is 0.326 e. The van der Waals surface area contributed by atoms with Gasteiger partial charge < -0.3 is 15.5 Å². The van der Waals surface area contributed by atoms with E-state index in [1.807, 2.05) is 30.3 Å². The van der Waals surface area contributed by atoms with Gasteiger partial charge in [0.25, 0.3) is 0 Å². The maximum absolute atomic E-state index is 11.9. The van der Waals surface area contributed by atoms with Gasteiger partial charge in [0.1, 0.15) is 0 Å². The van der Waals surface area contributed by atoms with Gasteiger partial charge in [0, 0.05) is 37.3 Å². The van der Waals surface area contributed by atoms with Gasteiger partial charge in [0.15, 0.2) is 0 Å². The molecule has 2 unspecified atom stereocenters. The summed E-state index contributed by atoms with van der Waals surface area (Å²) in [4.78, 5) is 14.4. The van der Waals surface area contributed by atoms with Crippen molar-refractivity contribution in [3.05, 3.63) is 30.3 Å². The Morgan fingerprint density at radius 1 is 1.20 bits per heavy atom. The highest BCUT2D eigenvalue weighted by Gasteiger charge is 2.29. The van der Waals surface area contributed by atoms with Crippen LogP contribution < -0.4 is 10.6 Å². The zero-order valence-electron chi connectivity index (χ0n) is 11.8. The molecular formula is C16H23N3O. The van der Waals surface area contributed by atoms with Gasteiger partial charge in [-0.05, 0) is 37.9 Å². The van der Waals surface area contributed by atoms with Gasteiger partial charge >= 0.3 is 0 Å². The minimum Gasteiger partial charge on any atom is -0.326 e. The Labute approximate surface area is 120 Å². The van der Waals surface area contributed by atoms with E-state index < -0.39 is 0 Å². The Balaban J connectivity index is 1.43. The average Bonchev–Trinajstić information content (AvgIpc) is 2.79. The fourth-order valence-corrected chi connectivity index (χ4v) is 3.22. The highest BCUT2D eigenvalue weighted by Crippen LogP contribution is 2.20. The molecule has 2 saturated heterocycles. The number of carbonyl (C=O) groups is 1. The fourth-order valence-electron chi connectivity index (χ4n) is 3.22. The first-order valence-corrected chi connectivity index (χ1v) is 7.63. The zero-order valence-corrected chi connectivity index (χ0v) is 11.8. The molecule has 0 aromatic heterocycles. The molecule has 0 spiro atoms. The first-order valence-electron chi connectivity index (χ1n) is 7.63. The maximum atomic E-state index is 11.9. The molecule has 2 aliphatic rings.